The van der Waals surface area contributed by atoms with Gasteiger partial charge in [0.1, 0.15) is 17.7 Å². The monoisotopic (exact) mass is 492 g/mol. The van der Waals surface area contributed by atoms with E-state index in [9.17, 15) is 4.79 Å². The summed E-state index contributed by atoms with van der Waals surface area (Å²) in [6, 6.07) is 8.68. The van der Waals surface area contributed by atoms with E-state index in [0.29, 0.717) is 30.5 Å². The van der Waals surface area contributed by atoms with Crippen molar-refractivity contribution in [3.8, 4) is 0 Å². The van der Waals surface area contributed by atoms with Crippen LogP contribution in [0.4, 0.5) is 17.2 Å². The first-order valence-electron chi connectivity index (χ1n) is 13.0. The molecule has 1 atom stereocenters. The van der Waals surface area contributed by atoms with E-state index < -0.39 is 0 Å². The average molecular weight is 493 g/mol. The van der Waals surface area contributed by atoms with Crippen LogP contribution in [0.5, 0.6) is 0 Å². The van der Waals surface area contributed by atoms with Crippen molar-refractivity contribution in [2.75, 3.05) is 57.5 Å². The molecule has 36 heavy (non-hydrogen) atoms. The zero-order chi connectivity index (χ0) is 24.9. The van der Waals surface area contributed by atoms with Crippen molar-refractivity contribution >= 4 is 28.8 Å². The van der Waals surface area contributed by atoms with E-state index in [0.717, 1.165) is 75.9 Å². The number of hydrogen-bond acceptors (Lipinski definition) is 8. The lowest BCUT2D eigenvalue weighted by atomic mass is 9.98. The summed E-state index contributed by atoms with van der Waals surface area (Å²) in [6.45, 7) is 10.5. The molecule has 192 valence electrons. The second kappa shape index (κ2) is 11.5. The lowest BCUT2D eigenvalue weighted by Crippen LogP contribution is -2.41. The van der Waals surface area contributed by atoms with Gasteiger partial charge in [0.25, 0.3) is 5.91 Å². The molecule has 1 aromatic carbocycles. The van der Waals surface area contributed by atoms with Crippen LogP contribution in [0.25, 0.3) is 0 Å². The number of para-hydroxylation sites is 1. The van der Waals surface area contributed by atoms with Crippen molar-refractivity contribution < 1.29 is 14.3 Å². The standard InChI is InChI=1S/C27H36N6O3/c1-19-25(30-20(2)27(34)31-22-8-13-35-14-9-22)26(29-18-28-19)33-17-21(23-5-3-4-6-24(23)33)7-10-32-11-15-36-16-12-32/h3-6,18,21-22H,7-17H2,1-2H3,(H,31,34)/b30-20+. The van der Waals surface area contributed by atoms with Gasteiger partial charge in [-0.3, -0.25) is 9.69 Å². The van der Waals surface area contributed by atoms with Crippen LogP contribution >= 0.6 is 0 Å². The van der Waals surface area contributed by atoms with E-state index in [-0.39, 0.29) is 11.9 Å². The minimum atomic E-state index is -0.152. The summed E-state index contributed by atoms with van der Waals surface area (Å²) in [4.78, 5) is 31.5. The van der Waals surface area contributed by atoms with Gasteiger partial charge in [-0.05, 0) is 51.3 Å². The van der Waals surface area contributed by atoms with E-state index in [1.54, 1.807) is 13.3 Å². The zero-order valence-electron chi connectivity index (χ0n) is 21.3. The number of rotatable bonds is 7. The van der Waals surface area contributed by atoms with Crippen LogP contribution in [0.2, 0.25) is 0 Å². The van der Waals surface area contributed by atoms with Crippen molar-refractivity contribution in [3.63, 3.8) is 0 Å². The number of aryl methyl sites for hydroxylation is 1. The van der Waals surface area contributed by atoms with Crippen LogP contribution < -0.4 is 10.2 Å². The van der Waals surface area contributed by atoms with Gasteiger partial charge in [0.15, 0.2) is 5.82 Å². The first-order valence-corrected chi connectivity index (χ1v) is 13.0. The SMILES string of the molecule is C/C(=N\c1c(C)ncnc1N1CC(CCN2CCOCC2)c2ccccc21)C(=O)NC1CCOCC1. The van der Waals surface area contributed by atoms with E-state index in [1.807, 2.05) is 6.92 Å². The highest BCUT2D eigenvalue weighted by Gasteiger charge is 2.32. The maximum absolute atomic E-state index is 12.9. The Bertz CT molecular complexity index is 1090. The molecule has 0 bridgehead atoms. The van der Waals surface area contributed by atoms with Crippen LogP contribution in [-0.4, -0.2) is 85.1 Å². The minimum Gasteiger partial charge on any atom is -0.381 e. The predicted octanol–water partition coefficient (Wildman–Crippen LogP) is 3.13. The number of carbonyl (C=O) groups is 1. The lowest BCUT2D eigenvalue weighted by molar-refractivity contribution is -0.116. The van der Waals surface area contributed by atoms with Crippen LogP contribution in [0, 0.1) is 6.92 Å². The number of nitrogens with one attached hydrogen (secondary N) is 1. The Balaban J connectivity index is 1.37. The molecule has 1 N–H and O–H groups in total. The first-order chi connectivity index (χ1) is 17.6. The van der Waals surface area contributed by atoms with Gasteiger partial charge in [-0.25, -0.2) is 15.0 Å². The predicted molar refractivity (Wildman–Crippen MR) is 140 cm³/mol. The summed E-state index contributed by atoms with van der Waals surface area (Å²) in [6.07, 6.45) is 4.32. The summed E-state index contributed by atoms with van der Waals surface area (Å²) in [5.74, 6) is 0.998. The summed E-state index contributed by atoms with van der Waals surface area (Å²) < 4.78 is 10.9. The van der Waals surface area contributed by atoms with Crippen molar-refractivity contribution in [2.24, 2.45) is 4.99 Å². The number of fused-ring (bicyclic) bond motifs is 1. The lowest BCUT2D eigenvalue weighted by Gasteiger charge is -2.27. The molecule has 2 aromatic rings. The van der Waals surface area contributed by atoms with Crippen molar-refractivity contribution in [1.82, 2.24) is 20.2 Å². The molecule has 4 heterocycles. The molecule has 0 spiro atoms. The van der Waals surface area contributed by atoms with E-state index in [1.165, 1.54) is 5.56 Å². The van der Waals surface area contributed by atoms with Crippen LogP contribution in [-0.2, 0) is 14.3 Å². The Kier molecular flexibility index (Phi) is 7.89. The summed E-state index contributed by atoms with van der Waals surface area (Å²) >= 11 is 0. The molecule has 9 nitrogen and oxygen atoms in total. The first kappa shape index (κ1) is 24.8. The fourth-order valence-corrected chi connectivity index (χ4v) is 5.24. The summed E-state index contributed by atoms with van der Waals surface area (Å²) in [7, 11) is 0. The van der Waals surface area contributed by atoms with Crippen molar-refractivity contribution in [2.45, 2.75) is 45.1 Å². The van der Waals surface area contributed by atoms with E-state index in [4.69, 9.17) is 14.5 Å². The third-order valence-electron chi connectivity index (χ3n) is 7.37. The molecule has 5 rings (SSSR count). The number of amides is 1. The Morgan fingerprint density at radius 2 is 1.86 bits per heavy atom. The smallest absolute Gasteiger partial charge is 0.265 e. The molecule has 0 radical (unpaired) electrons. The number of carbonyl (C=O) groups excluding carboxylic acids is 1. The molecule has 1 aromatic heterocycles. The molecule has 3 aliphatic heterocycles. The van der Waals surface area contributed by atoms with Crippen LogP contribution in [0.1, 0.15) is 43.4 Å². The molecule has 1 amide bonds. The highest BCUT2D eigenvalue weighted by molar-refractivity contribution is 6.38. The molecule has 1 unspecified atom stereocenters. The van der Waals surface area contributed by atoms with Crippen molar-refractivity contribution in [3.05, 3.63) is 41.9 Å². The molecule has 2 fully saturated rings. The van der Waals surface area contributed by atoms with Gasteiger partial charge in [-0.2, -0.15) is 0 Å². The Hall–Kier alpha value is -2.88. The van der Waals surface area contributed by atoms with Gasteiger partial charge in [-0.1, -0.05) is 18.2 Å². The van der Waals surface area contributed by atoms with Crippen LogP contribution in [0.3, 0.4) is 0 Å². The fourth-order valence-electron chi connectivity index (χ4n) is 5.24. The normalized spacial score (nSPS) is 21.4. The topological polar surface area (TPSA) is 92.2 Å². The number of hydrogen-bond donors (Lipinski definition) is 1. The summed E-state index contributed by atoms with van der Waals surface area (Å²) in [5.41, 5.74) is 4.32. The Morgan fingerprint density at radius 1 is 1.11 bits per heavy atom. The second-order valence-corrected chi connectivity index (χ2v) is 9.80. The number of aliphatic imine (C=N–C) groups is 1. The number of anilines is 2. The van der Waals surface area contributed by atoms with Gasteiger partial charge in [0.05, 0.1) is 18.9 Å². The molecule has 0 saturated carbocycles. The highest BCUT2D eigenvalue weighted by Crippen LogP contribution is 2.44. The molecule has 2 saturated heterocycles. The molecular formula is C27H36N6O3. The molecule has 0 aliphatic carbocycles. The number of nitrogens with zero attached hydrogens (tertiary/aromatic N) is 5. The number of morpholine rings is 1. The number of benzene rings is 1. The summed E-state index contributed by atoms with van der Waals surface area (Å²) in [5, 5.41) is 3.10. The largest absolute Gasteiger partial charge is 0.381 e. The van der Waals surface area contributed by atoms with Gasteiger partial charge in [0.2, 0.25) is 0 Å². The molecule has 3 aliphatic rings. The number of ether oxygens (including phenoxy) is 2. The maximum Gasteiger partial charge on any atom is 0.265 e. The van der Waals surface area contributed by atoms with Gasteiger partial charge in [0, 0.05) is 50.5 Å². The molecular weight excluding hydrogens is 456 g/mol. The Morgan fingerprint density at radius 3 is 2.67 bits per heavy atom. The second-order valence-electron chi connectivity index (χ2n) is 9.80. The van der Waals surface area contributed by atoms with E-state index >= 15 is 0 Å². The maximum atomic E-state index is 12.9. The number of aromatic nitrogens is 2. The van der Waals surface area contributed by atoms with Gasteiger partial charge >= 0.3 is 0 Å². The highest BCUT2D eigenvalue weighted by atomic mass is 16.5. The third-order valence-corrected chi connectivity index (χ3v) is 7.37. The zero-order valence-corrected chi connectivity index (χ0v) is 21.3. The Labute approximate surface area is 212 Å². The fraction of sp³-hybridized carbons (Fsp3) is 0.556. The molecule has 9 heteroatoms. The van der Waals surface area contributed by atoms with E-state index in [2.05, 4.69) is 49.4 Å². The van der Waals surface area contributed by atoms with Crippen LogP contribution in [0.15, 0.2) is 35.6 Å². The third kappa shape index (κ3) is 5.58. The van der Waals surface area contributed by atoms with Gasteiger partial charge in [-0.15, -0.1) is 0 Å². The van der Waals surface area contributed by atoms with Crippen molar-refractivity contribution in [1.29, 1.82) is 0 Å². The average Bonchev–Trinajstić information content (AvgIpc) is 3.28. The minimum absolute atomic E-state index is 0.127. The van der Waals surface area contributed by atoms with Gasteiger partial charge < -0.3 is 19.7 Å². The quantitative estimate of drug-likeness (QED) is 0.594.